The molecule has 5 heteroatoms. The van der Waals surface area contributed by atoms with Crippen molar-refractivity contribution in [2.45, 2.75) is 19.5 Å². The maximum Gasteiger partial charge on any atom is 0.0642 e. The first-order valence-corrected chi connectivity index (χ1v) is 7.83. The molecule has 1 aromatic carbocycles. The normalized spacial score (nSPS) is 17.2. The molecular formula is C15H23BrN2O2. The smallest absolute Gasteiger partial charge is 0.0642 e. The summed E-state index contributed by atoms with van der Waals surface area (Å²) in [5.74, 6) is 0. The van der Waals surface area contributed by atoms with E-state index in [2.05, 4.69) is 51.3 Å². The second-order valence-corrected chi connectivity index (χ2v) is 6.03. The average molecular weight is 343 g/mol. The quantitative estimate of drug-likeness (QED) is 0.860. The molecule has 0 bridgehead atoms. The molecule has 0 amide bonds. The summed E-state index contributed by atoms with van der Waals surface area (Å²) in [5, 5.41) is 3.50. The molecule has 0 saturated carbocycles. The van der Waals surface area contributed by atoms with Gasteiger partial charge in [0.2, 0.25) is 0 Å². The van der Waals surface area contributed by atoms with Crippen molar-refractivity contribution < 1.29 is 9.47 Å². The van der Waals surface area contributed by atoms with E-state index in [0.29, 0.717) is 6.04 Å². The number of hydrogen-bond donors (Lipinski definition) is 1. The van der Waals surface area contributed by atoms with Gasteiger partial charge in [0.15, 0.2) is 0 Å². The molecule has 4 nitrogen and oxygen atoms in total. The molecule has 1 N–H and O–H groups in total. The molecule has 1 unspecified atom stereocenters. The minimum Gasteiger partial charge on any atom is -0.383 e. The van der Waals surface area contributed by atoms with Crippen LogP contribution in [-0.4, -0.2) is 46.1 Å². The van der Waals surface area contributed by atoms with Gasteiger partial charge in [0, 0.05) is 42.9 Å². The number of anilines is 1. The highest BCUT2D eigenvalue weighted by molar-refractivity contribution is 9.10. The summed E-state index contributed by atoms with van der Waals surface area (Å²) in [6.07, 6.45) is 0. The van der Waals surface area contributed by atoms with Crippen LogP contribution in [0, 0.1) is 0 Å². The first-order chi connectivity index (χ1) is 9.70. The monoisotopic (exact) mass is 342 g/mol. The van der Waals surface area contributed by atoms with E-state index in [-0.39, 0.29) is 0 Å². The fourth-order valence-corrected chi connectivity index (χ4v) is 2.73. The van der Waals surface area contributed by atoms with E-state index < -0.39 is 0 Å². The lowest BCUT2D eigenvalue weighted by atomic mass is 10.1. The molecule has 0 aromatic heterocycles. The summed E-state index contributed by atoms with van der Waals surface area (Å²) < 4.78 is 11.7. The van der Waals surface area contributed by atoms with Crippen LogP contribution in [0.5, 0.6) is 0 Å². The van der Waals surface area contributed by atoms with Gasteiger partial charge < -0.3 is 19.7 Å². The Bertz CT molecular complexity index is 422. The summed E-state index contributed by atoms with van der Waals surface area (Å²) in [6, 6.07) is 6.83. The highest BCUT2D eigenvalue weighted by Crippen LogP contribution is 2.26. The van der Waals surface area contributed by atoms with Crippen molar-refractivity contribution in [3.05, 3.63) is 28.2 Å². The number of methoxy groups -OCH3 is 1. The Balaban J connectivity index is 2.06. The Kier molecular flexibility index (Phi) is 6.29. The Labute approximate surface area is 129 Å². The van der Waals surface area contributed by atoms with Gasteiger partial charge in [-0.05, 0) is 24.6 Å². The molecule has 1 atom stereocenters. The lowest BCUT2D eigenvalue weighted by molar-refractivity contribution is 0.122. The van der Waals surface area contributed by atoms with Gasteiger partial charge in [-0.15, -0.1) is 0 Å². The zero-order chi connectivity index (χ0) is 14.4. The molecule has 112 valence electrons. The Morgan fingerprint density at radius 3 is 2.85 bits per heavy atom. The van der Waals surface area contributed by atoms with Gasteiger partial charge in [0.1, 0.15) is 0 Å². The second-order valence-electron chi connectivity index (χ2n) is 5.11. The van der Waals surface area contributed by atoms with Crippen molar-refractivity contribution in [3.63, 3.8) is 0 Å². The highest BCUT2D eigenvalue weighted by atomic mass is 79.9. The zero-order valence-electron chi connectivity index (χ0n) is 12.2. The molecule has 0 radical (unpaired) electrons. The van der Waals surface area contributed by atoms with E-state index in [0.717, 1.165) is 43.9 Å². The molecule has 1 saturated heterocycles. The van der Waals surface area contributed by atoms with Crippen LogP contribution in [-0.2, 0) is 16.0 Å². The Morgan fingerprint density at radius 1 is 1.40 bits per heavy atom. The minimum atomic E-state index is 0.348. The number of ether oxygens (including phenoxy) is 2. The van der Waals surface area contributed by atoms with Crippen molar-refractivity contribution in [3.8, 4) is 0 Å². The van der Waals surface area contributed by atoms with E-state index in [1.807, 2.05) is 0 Å². The first-order valence-electron chi connectivity index (χ1n) is 7.04. The number of benzene rings is 1. The number of rotatable bonds is 6. The van der Waals surface area contributed by atoms with E-state index in [9.17, 15) is 0 Å². The van der Waals surface area contributed by atoms with Crippen LogP contribution in [0.3, 0.4) is 0 Å². The van der Waals surface area contributed by atoms with Crippen LogP contribution >= 0.6 is 15.9 Å². The maximum atomic E-state index is 5.44. The van der Waals surface area contributed by atoms with Crippen LogP contribution in [0.15, 0.2) is 22.7 Å². The second kappa shape index (κ2) is 7.98. The molecule has 2 rings (SSSR count). The largest absolute Gasteiger partial charge is 0.383 e. The molecule has 1 aliphatic heterocycles. The molecule has 1 aromatic rings. The minimum absolute atomic E-state index is 0.348. The van der Waals surface area contributed by atoms with E-state index in [1.165, 1.54) is 11.3 Å². The van der Waals surface area contributed by atoms with Gasteiger partial charge in [-0.25, -0.2) is 0 Å². The fraction of sp³-hybridized carbons (Fsp3) is 0.600. The third-order valence-electron chi connectivity index (χ3n) is 3.46. The van der Waals surface area contributed by atoms with Gasteiger partial charge in [0.25, 0.3) is 0 Å². The molecule has 0 spiro atoms. The number of morpholine rings is 1. The number of halogens is 1. The summed E-state index contributed by atoms with van der Waals surface area (Å²) >= 11 is 3.57. The van der Waals surface area contributed by atoms with Crippen LogP contribution in [0.25, 0.3) is 0 Å². The Morgan fingerprint density at radius 2 is 2.15 bits per heavy atom. The lowest BCUT2D eigenvalue weighted by Gasteiger charge is -2.31. The predicted molar refractivity (Wildman–Crippen MR) is 85.4 cm³/mol. The van der Waals surface area contributed by atoms with Crippen molar-refractivity contribution >= 4 is 21.6 Å². The standard InChI is InChI=1S/C15H23BrN2O2/c1-12(11-19-2)17-10-13-3-4-14(16)9-15(13)18-5-7-20-8-6-18/h3-4,9,12,17H,5-8,10-11H2,1-2H3. The predicted octanol–water partition coefficient (Wildman–Crippen LogP) is 2.41. The molecule has 0 aliphatic carbocycles. The summed E-state index contributed by atoms with van der Waals surface area (Å²) in [7, 11) is 1.73. The fourth-order valence-electron chi connectivity index (χ4n) is 2.38. The summed E-state index contributed by atoms with van der Waals surface area (Å²) in [6.45, 7) is 7.23. The highest BCUT2D eigenvalue weighted by Gasteiger charge is 2.15. The average Bonchev–Trinajstić information content (AvgIpc) is 2.47. The van der Waals surface area contributed by atoms with Crippen LogP contribution in [0.2, 0.25) is 0 Å². The molecule has 1 heterocycles. The van der Waals surface area contributed by atoms with Gasteiger partial charge in [0.05, 0.1) is 19.8 Å². The number of nitrogens with one attached hydrogen (secondary N) is 1. The van der Waals surface area contributed by atoms with E-state index >= 15 is 0 Å². The summed E-state index contributed by atoms with van der Waals surface area (Å²) in [5.41, 5.74) is 2.61. The topological polar surface area (TPSA) is 33.7 Å². The van der Waals surface area contributed by atoms with Crippen LogP contribution in [0.4, 0.5) is 5.69 Å². The van der Waals surface area contributed by atoms with Gasteiger partial charge >= 0.3 is 0 Å². The summed E-state index contributed by atoms with van der Waals surface area (Å²) in [4.78, 5) is 2.40. The van der Waals surface area contributed by atoms with E-state index in [1.54, 1.807) is 7.11 Å². The molecule has 1 fully saturated rings. The molecule has 1 aliphatic rings. The SMILES string of the molecule is COCC(C)NCc1ccc(Br)cc1N1CCOCC1. The van der Waals surface area contributed by atoms with Gasteiger partial charge in [-0.3, -0.25) is 0 Å². The first kappa shape index (κ1) is 15.8. The maximum absolute atomic E-state index is 5.44. The van der Waals surface area contributed by atoms with Crippen molar-refractivity contribution in [2.24, 2.45) is 0 Å². The van der Waals surface area contributed by atoms with Crippen molar-refractivity contribution in [1.29, 1.82) is 0 Å². The molecule has 20 heavy (non-hydrogen) atoms. The third-order valence-corrected chi connectivity index (χ3v) is 3.95. The van der Waals surface area contributed by atoms with Gasteiger partial charge in [-0.1, -0.05) is 22.0 Å². The number of hydrogen-bond acceptors (Lipinski definition) is 4. The van der Waals surface area contributed by atoms with Crippen molar-refractivity contribution in [2.75, 3.05) is 44.9 Å². The van der Waals surface area contributed by atoms with Crippen LogP contribution in [0.1, 0.15) is 12.5 Å². The third kappa shape index (κ3) is 4.45. The molecular weight excluding hydrogens is 320 g/mol. The van der Waals surface area contributed by atoms with E-state index in [4.69, 9.17) is 9.47 Å². The Hall–Kier alpha value is -0.620. The van der Waals surface area contributed by atoms with Crippen LogP contribution < -0.4 is 10.2 Å². The number of nitrogens with zero attached hydrogens (tertiary/aromatic N) is 1. The lowest BCUT2D eigenvalue weighted by Crippen LogP contribution is -2.37. The van der Waals surface area contributed by atoms with Gasteiger partial charge in [-0.2, -0.15) is 0 Å². The van der Waals surface area contributed by atoms with Crippen molar-refractivity contribution in [1.82, 2.24) is 5.32 Å². The zero-order valence-corrected chi connectivity index (χ0v) is 13.8.